The zero-order chi connectivity index (χ0) is 16.7. The Hall–Kier alpha value is -2.45. The summed E-state index contributed by atoms with van der Waals surface area (Å²) < 4.78 is 0. The summed E-state index contributed by atoms with van der Waals surface area (Å²) in [6.45, 7) is 2.30. The Balaban J connectivity index is 1.86. The van der Waals surface area contributed by atoms with Crippen molar-refractivity contribution in [3.05, 3.63) is 57.8 Å². The van der Waals surface area contributed by atoms with Crippen molar-refractivity contribution >= 4 is 23.0 Å². The number of carbonyl (C=O) groups excluding carboxylic acids is 2. The molecule has 0 fully saturated rings. The van der Waals surface area contributed by atoms with Crippen molar-refractivity contribution < 1.29 is 9.59 Å². The summed E-state index contributed by atoms with van der Waals surface area (Å²) in [6, 6.07) is 11.5. The standard InChI is InChI=1S/C18H18N2O2S/c1-13-2-4-14(5-3-13)11-20-18(22)16(10-19)17(21)7-6-15-8-9-23-12-15/h2-5,8-9,12,16H,6-7,11H2,1H3,(H,20,22)/t16-/m0/s1. The Morgan fingerprint density at radius 1 is 1.22 bits per heavy atom. The summed E-state index contributed by atoms with van der Waals surface area (Å²) in [6.07, 6.45) is 0.763. The van der Waals surface area contributed by atoms with Crippen LogP contribution in [0.4, 0.5) is 0 Å². The third-order valence-electron chi connectivity index (χ3n) is 3.54. The average molecular weight is 326 g/mol. The van der Waals surface area contributed by atoms with Gasteiger partial charge in [-0.1, -0.05) is 29.8 Å². The molecule has 23 heavy (non-hydrogen) atoms. The number of nitrogens with one attached hydrogen (secondary N) is 1. The van der Waals surface area contributed by atoms with Gasteiger partial charge in [0.05, 0.1) is 6.07 Å². The summed E-state index contributed by atoms with van der Waals surface area (Å²) in [5.74, 6) is -2.09. The van der Waals surface area contributed by atoms with Crippen molar-refractivity contribution in [3.8, 4) is 6.07 Å². The molecule has 1 N–H and O–H groups in total. The molecule has 1 aromatic heterocycles. The highest BCUT2D eigenvalue weighted by Gasteiger charge is 2.25. The number of aryl methyl sites for hydroxylation is 2. The fourth-order valence-corrected chi connectivity index (χ4v) is 2.82. The van der Waals surface area contributed by atoms with Crippen molar-refractivity contribution in [1.29, 1.82) is 5.26 Å². The molecule has 0 unspecified atom stereocenters. The topological polar surface area (TPSA) is 70.0 Å². The summed E-state index contributed by atoms with van der Waals surface area (Å²) >= 11 is 1.56. The first-order valence-electron chi connectivity index (χ1n) is 7.37. The SMILES string of the molecule is Cc1ccc(CNC(=O)[C@@H](C#N)C(=O)CCc2ccsc2)cc1. The molecule has 0 bridgehead atoms. The summed E-state index contributed by atoms with van der Waals surface area (Å²) in [5.41, 5.74) is 3.13. The maximum atomic E-state index is 12.1. The van der Waals surface area contributed by atoms with Gasteiger partial charge in [0.15, 0.2) is 11.7 Å². The molecule has 0 radical (unpaired) electrons. The molecule has 4 nitrogen and oxygen atoms in total. The molecular weight excluding hydrogens is 308 g/mol. The second kappa shape index (κ2) is 8.25. The highest BCUT2D eigenvalue weighted by molar-refractivity contribution is 7.07. The molecule has 0 aliphatic carbocycles. The van der Waals surface area contributed by atoms with E-state index in [1.807, 2.05) is 54.1 Å². The van der Waals surface area contributed by atoms with E-state index in [0.29, 0.717) is 13.0 Å². The first kappa shape index (κ1) is 16.9. The Bertz CT molecular complexity index is 700. The van der Waals surface area contributed by atoms with Crippen LogP contribution in [0.3, 0.4) is 0 Å². The molecule has 0 saturated carbocycles. The van der Waals surface area contributed by atoms with Crippen LogP contribution in [0.1, 0.15) is 23.1 Å². The summed E-state index contributed by atoms with van der Waals surface area (Å²) in [7, 11) is 0. The highest BCUT2D eigenvalue weighted by Crippen LogP contribution is 2.11. The minimum absolute atomic E-state index is 0.201. The second-order valence-electron chi connectivity index (χ2n) is 5.36. The van der Waals surface area contributed by atoms with Crippen molar-refractivity contribution in [1.82, 2.24) is 5.32 Å². The van der Waals surface area contributed by atoms with Gasteiger partial charge in [-0.2, -0.15) is 16.6 Å². The fourth-order valence-electron chi connectivity index (χ4n) is 2.12. The Morgan fingerprint density at radius 3 is 2.57 bits per heavy atom. The van der Waals surface area contributed by atoms with Crippen LogP contribution in [-0.4, -0.2) is 11.7 Å². The largest absolute Gasteiger partial charge is 0.350 e. The van der Waals surface area contributed by atoms with Crippen molar-refractivity contribution in [2.45, 2.75) is 26.3 Å². The van der Waals surface area contributed by atoms with E-state index >= 15 is 0 Å². The number of Topliss-reactive ketones (excluding diaryl/α,β-unsaturated/α-hetero) is 1. The monoisotopic (exact) mass is 326 g/mol. The highest BCUT2D eigenvalue weighted by atomic mass is 32.1. The average Bonchev–Trinajstić information content (AvgIpc) is 3.06. The third kappa shape index (κ3) is 5.04. The van der Waals surface area contributed by atoms with Gasteiger partial charge in [-0.15, -0.1) is 0 Å². The van der Waals surface area contributed by atoms with Gasteiger partial charge in [0, 0.05) is 13.0 Å². The number of hydrogen-bond donors (Lipinski definition) is 1. The molecule has 1 heterocycles. The summed E-state index contributed by atoms with van der Waals surface area (Å²) in [4.78, 5) is 24.2. The number of hydrogen-bond acceptors (Lipinski definition) is 4. The predicted octanol–water partition coefficient (Wildman–Crippen LogP) is 3.01. The van der Waals surface area contributed by atoms with Crippen LogP contribution in [0.25, 0.3) is 0 Å². The minimum atomic E-state index is -1.24. The lowest BCUT2D eigenvalue weighted by molar-refractivity contribution is -0.131. The molecule has 5 heteroatoms. The number of carbonyl (C=O) groups is 2. The number of nitriles is 1. The normalized spacial score (nSPS) is 11.5. The number of ketones is 1. The Kier molecular flexibility index (Phi) is 6.07. The summed E-state index contributed by atoms with van der Waals surface area (Å²) in [5, 5.41) is 15.7. The zero-order valence-electron chi connectivity index (χ0n) is 12.9. The number of benzene rings is 1. The van der Waals surface area contributed by atoms with Crippen LogP contribution in [0.2, 0.25) is 0 Å². The van der Waals surface area contributed by atoms with E-state index in [4.69, 9.17) is 5.26 Å². The van der Waals surface area contributed by atoms with Crippen LogP contribution in [0.15, 0.2) is 41.1 Å². The Labute approximate surface area is 139 Å². The van der Waals surface area contributed by atoms with Gasteiger partial charge >= 0.3 is 0 Å². The molecule has 2 aromatic rings. The van der Waals surface area contributed by atoms with Crippen LogP contribution >= 0.6 is 11.3 Å². The minimum Gasteiger partial charge on any atom is -0.350 e. The maximum Gasteiger partial charge on any atom is 0.245 e. The van der Waals surface area contributed by atoms with E-state index in [1.54, 1.807) is 11.3 Å². The van der Waals surface area contributed by atoms with Crippen molar-refractivity contribution in [2.75, 3.05) is 0 Å². The van der Waals surface area contributed by atoms with Gasteiger partial charge in [-0.25, -0.2) is 0 Å². The smallest absolute Gasteiger partial charge is 0.245 e. The van der Waals surface area contributed by atoms with Gasteiger partial charge in [0.1, 0.15) is 0 Å². The third-order valence-corrected chi connectivity index (χ3v) is 4.27. The molecule has 1 amide bonds. The van der Waals surface area contributed by atoms with Gasteiger partial charge in [0.2, 0.25) is 5.91 Å². The van der Waals surface area contributed by atoms with E-state index in [-0.39, 0.29) is 12.2 Å². The quantitative estimate of drug-likeness (QED) is 0.795. The molecule has 1 atom stereocenters. The lowest BCUT2D eigenvalue weighted by Gasteiger charge is -2.09. The van der Waals surface area contributed by atoms with Gasteiger partial charge < -0.3 is 5.32 Å². The van der Waals surface area contributed by atoms with Gasteiger partial charge in [-0.3, -0.25) is 9.59 Å². The molecule has 118 valence electrons. The van der Waals surface area contributed by atoms with E-state index < -0.39 is 11.8 Å². The molecule has 1 aromatic carbocycles. The van der Waals surface area contributed by atoms with E-state index in [1.165, 1.54) is 0 Å². The van der Waals surface area contributed by atoms with E-state index in [9.17, 15) is 9.59 Å². The number of nitrogens with zero attached hydrogens (tertiary/aromatic N) is 1. The van der Waals surface area contributed by atoms with E-state index in [0.717, 1.165) is 16.7 Å². The molecular formula is C18H18N2O2S. The van der Waals surface area contributed by atoms with E-state index in [2.05, 4.69) is 5.32 Å². The first-order chi connectivity index (χ1) is 11.1. The molecule has 0 saturated heterocycles. The van der Waals surface area contributed by atoms with Crippen LogP contribution in [0.5, 0.6) is 0 Å². The zero-order valence-corrected chi connectivity index (χ0v) is 13.7. The number of thiophene rings is 1. The number of amides is 1. The van der Waals surface area contributed by atoms with Crippen LogP contribution < -0.4 is 5.32 Å². The maximum absolute atomic E-state index is 12.1. The van der Waals surface area contributed by atoms with Crippen LogP contribution in [0, 0.1) is 24.2 Å². The second-order valence-corrected chi connectivity index (χ2v) is 6.14. The van der Waals surface area contributed by atoms with Gasteiger partial charge in [-0.05, 0) is 41.3 Å². The first-order valence-corrected chi connectivity index (χ1v) is 8.31. The molecule has 0 aliphatic heterocycles. The van der Waals surface area contributed by atoms with Crippen LogP contribution in [-0.2, 0) is 22.6 Å². The Morgan fingerprint density at radius 2 is 1.96 bits per heavy atom. The molecule has 2 rings (SSSR count). The number of rotatable bonds is 7. The lowest BCUT2D eigenvalue weighted by atomic mass is 9.99. The molecule has 0 spiro atoms. The fraction of sp³-hybridized carbons (Fsp3) is 0.278. The molecule has 0 aliphatic rings. The van der Waals surface area contributed by atoms with Crippen molar-refractivity contribution in [3.63, 3.8) is 0 Å². The van der Waals surface area contributed by atoms with Gasteiger partial charge in [0.25, 0.3) is 0 Å². The van der Waals surface area contributed by atoms with Crippen molar-refractivity contribution in [2.24, 2.45) is 5.92 Å². The predicted molar refractivity (Wildman–Crippen MR) is 89.8 cm³/mol. The lowest BCUT2D eigenvalue weighted by Crippen LogP contribution is -2.34.